The number of pyridine rings is 1. The quantitative estimate of drug-likeness (QED) is 0.786. The van der Waals surface area contributed by atoms with Gasteiger partial charge in [-0.3, -0.25) is 4.79 Å². The van der Waals surface area contributed by atoms with Crippen LogP contribution in [0.15, 0.2) is 22.8 Å². The number of amides is 1. The molecule has 0 aromatic carbocycles. The molecule has 1 aliphatic carbocycles. The van der Waals surface area contributed by atoms with Gasteiger partial charge in [-0.1, -0.05) is 25.3 Å². The molecule has 1 aliphatic rings. The first-order valence-corrected chi connectivity index (χ1v) is 7.20. The van der Waals surface area contributed by atoms with E-state index in [0.29, 0.717) is 10.3 Å². The van der Waals surface area contributed by atoms with E-state index < -0.39 is 5.54 Å². The summed E-state index contributed by atoms with van der Waals surface area (Å²) in [5, 5.41) is 9.49. The van der Waals surface area contributed by atoms with Crippen LogP contribution in [0.4, 0.5) is 0 Å². The summed E-state index contributed by atoms with van der Waals surface area (Å²) >= 11 is 3.26. The summed E-state index contributed by atoms with van der Waals surface area (Å²) in [5.74, 6) is -0.190. The highest BCUT2D eigenvalue weighted by molar-refractivity contribution is 9.10. The largest absolute Gasteiger partial charge is 0.322 e. The fraction of sp³-hybridized carbons (Fsp3) is 0.500. The first kappa shape index (κ1) is 14.0. The number of nitriles is 1. The minimum absolute atomic E-state index is 0.190. The summed E-state index contributed by atoms with van der Waals surface area (Å²) in [6, 6.07) is 7.58. The second kappa shape index (κ2) is 5.70. The van der Waals surface area contributed by atoms with Crippen molar-refractivity contribution in [3.05, 3.63) is 28.5 Å². The van der Waals surface area contributed by atoms with E-state index in [-0.39, 0.29) is 5.91 Å². The lowest BCUT2D eigenvalue weighted by Gasteiger charge is -2.38. The highest BCUT2D eigenvalue weighted by Crippen LogP contribution is 2.33. The summed E-state index contributed by atoms with van der Waals surface area (Å²) in [6.45, 7) is 0. The molecule has 1 amide bonds. The van der Waals surface area contributed by atoms with Crippen molar-refractivity contribution in [2.24, 2.45) is 0 Å². The van der Waals surface area contributed by atoms with Gasteiger partial charge in [-0.05, 0) is 40.9 Å². The molecule has 0 N–H and O–H groups in total. The average Bonchev–Trinajstić information content (AvgIpc) is 2.46. The van der Waals surface area contributed by atoms with Crippen LogP contribution in [0.5, 0.6) is 0 Å². The minimum atomic E-state index is -0.667. The van der Waals surface area contributed by atoms with E-state index in [1.807, 2.05) is 0 Å². The molecule has 0 aliphatic heterocycles. The second-order valence-corrected chi connectivity index (χ2v) is 5.73. The van der Waals surface area contributed by atoms with E-state index in [9.17, 15) is 10.1 Å². The van der Waals surface area contributed by atoms with Gasteiger partial charge in [0.1, 0.15) is 15.8 Å². The van der Waals surface area contributed by atoms with E-state index >= 15 is 0 Å². The summed E-state index contributed by atoms with van der Waals surface area (Å²) in [4.78, 5) is 18.2. The molecule has 19 heavy (non-hydrogen) atoms. The van der Waals surface area contributed by atoms with Crippen LogP contribution in [-0.4, -0.2) is 28.4 Å². The number of rotatable bonds is 2. The highest BCUT2D eigenvalue weighted by Gasteiger charge is 2.39. The third kappa shape index (κ3) is 2.79. The molecule has 0 unspecified atom stereocenters. The van der Waals surface area contributed by atoms with Gasteiger partial charge in [0, 0.05) is 7.05 Å². The van der Waals surface area contributed by atoms with E-state index in [1.165, 1.54) is 0 Å². The third-order valence-corrected chi connectivity index (χ3v) is 4.21. The Hall–Kier alpha value is -1.41. The lowest BCUT2D eigenvalue weighted by atomic mass is 9.81. The smallest absolute Gasteiger partial charge is 0.273 e. The minimum Gasteiger partial charge on any atom is -0.322 e. The van der Waals surface area contributed by atoms with Crippen molar-refractivity contribution >= 4 is 21.8 Å². The molecule has 100 valence electrons. The van der Waals surface area contributed by atoms with Gasteiger partial charge >= 0.3 is 0 Å². The van der Waals surface area contributed by atoms with Gasteiger partial charge in [0.05, 0.1) is 6.07 Å². The Balaban J connectivity index is 2.25. The maximum atomic E-state index is 12.5. The first-order valence-electron chi connectivity index (χ1n) is 6.41. The van der Waals surface area contributed by atoms with Crippen LogP contribution in [0.2, 0.25) is 0 Å². The maximum Gasteiger partial charge on any atom is 0.273 e. The zero-order valence-electron chi connectivity index (χ0n) is 10.9. The zero-order valence-corrected chi connectivity index (χ0v) is 12.5. The van der Waals surface area contributed by atoms with E-state index in [0.717, 1.165) is 32.1 Å². The predicted molar refractivity (Wildman–Crippen MR) is 75.5 cm³/mol. The van der Waals surface area contributed by atoms with Gasteiger partial charge in [0.25, 0.3) is 5.91 Å². The summed E-state index contributed by atoms with van der Waals surface area (Å²) < 4.78 is 0.626. The second-order valence-electron chi connectivity index (χ2n) is 4.91. The fourth-order valence-corrected chi connectivity index (χ4v) is 2.90. The number of aromatic nitrogens is 1. The topological polar surface area (TPSA) is 57.0 Å². The van der Waals surface area contributed by atoms with Gasteiger partial charge in [0.2, 0.25) is 0 Å². The normalized spacial score (nSPS) is 17.5. The van der Waals surface area contributed by atoms with Gasteiger partial charge < -0.3 is 4.90 Å². The van der Waals surface area contributed by atoms with Crippen LogP contribution in [0.3, 0.4) is 0 Å². The average molecular weight is 322 g/mol. The summed E-state index contributed by atoms with van der Waals surface area (Å²) in [5.41, 5.74) is -0.295. The molecule has 1 aromatic heterocycles. The Morgan fingerprint density at radius 3 is 2.68 bits per heavy atom. The molecule has 4 nitrogen and oxygen atoms in total. The number of halogens is 1. The molecular weight excluding hydrogens is 306 g/mol. The molecule has 5 heteroatoms. The number of hydrogen-bond donors (Lipinski definition) is 0. The van der Waals surface area contributed by atoms with Crippen LogP contribution in [-0.2, 0) is 0 Å². The van der Waals surface area contributed by atoms with Crippen LogP contribution in [0.25, 0.3) is 0 Å². The molecule has 1 saturated carbocycles. The van der Waals surface area contributed by atoms with Crippen molar-refractivity contribution in [2.45, 2.75) is 37.6 Å². The first-order chi connectivity index (χ1) is 9.09. The molecule has 2 rings (SSSR count). The molecule has 0 radical (unpaired) electrons. The van der Waals surface area contributed by atoms with Crippen LogP contribution >= 0.6 is 15.9 Å². The highest BCUT2D eigenvalue weighted by atomic mass is 79.9. The Labute approximate surface area is 121 Å². The Morgan fingerprint density at radius 2 is 2.11 bits per heavy atom. The van der Waals surface area contributed by atoms with E-state index in [1.54, 1.807) is 30.1 Å². The summed E-state index contributed by atoms with van der Waals surface area (Å²) in [7, 11) is 1.71. The van der Waals surface area contributed by atoms with E-state index in [4.69, 9.17) is 0 Å². The molecule has 1 aromatic rings. The Kier molecular flexibility index (Phi) is 4.20. The monoisotopic (exact) mass is 321 g/mol. The number of nitrogens with zero attached hydrogens (tertiary/aromatic N) is 3. The molecule has 0 saturated heterocycles. The van der Waals surface area contributed by atoms with Crippen molar-refractivity contribution in [2.75, 3.05) is 7.05 Å². The lowest BCUT2D eigenvalue weighted by Crippen LogP contribution is -2.50. The van der Waals surface area contributed by atoms with Crippen molar-refractivity contribution in [1.82, 2.24) is 9.88 Å². The van der Waals surface area contributed by atoms with Gasteiger partial charge in [0.15, 0.2) is 0 Å². The maximum absolute atomic E-state index is 12.5. The molecule has 1 fully saturated rings. The van der Waals surface area contributed by atoms with Crippen molar-refractivity contribution in [3.8, 4) is 6.07 Å². The number of carbonyl (C=O) groups is 1. The van der Waals surface area contributed by atoms with Crippen LogP contribution in [0.1, 0.15) is 42.6 Å². The molecule has 0 spiro atoms. The fourth-order valence-electron chi connectivity index (χ4n) is 2.55. The predicted octanol–water partition coefficient (Wildman–Crippen LogP) is 3.14. The number of carbonyl (C=O) groups excluding carboxylic acids is 1. The van der Waals surface area contributed by atoms with Gasteiger partial charge in [-0.25, -0.2) is 4.98 Å². The Bertz CT molecular complexity index is 518. The number of hydrogen-bond acceptors (Lipinski definition) is 3. The molecular formula is C14H16BrN3O. The van der Waals surface area contributed by atoms with Crippen molar-refractivity contribution in [3.63, 3.8) is 0 Å². The van der Waals surface area contributed by atoms with E-state index in [2.05, 4.69) is 27.0 Å². The molecule has 1 heterocycles. The third-order valence-electron chi connectivity index (χ3n) is 3.77. The van der Waals surface area contributed by atoms with Crippen LogP contribution < -0.4 is 0 Å². The standard InChI is InChI=1S/C14H16BrN3O/c1-18(14(10-16)8-3-2-4-9-14)13(19)11-6-5-7-12(15)17-11/h5-7H,2-4,8-9H2,1H3. The van der Waals surface area contributed by atoms with Crippen molar-refractivity contribution < 1.29 is 4.79 Å². The lowest BCUT2D eigenvalue weighted by molar-refractivity contribution is 0.0583. The zero-order chi connectivity index (χ0) is 13.9. The Morgan fingerprint density at radius 1 is 1.42 bits per heavy atom. The van der Waals surface area contributed by atoms with Crippen LogP contribution in [0, 0.1) is 11.3 Å². The van der Waals surface area contributed by atoms with Gasteiger partial charge in [-0.15, -0.1) is 0 Å². The molecule has 0 bridgehead atoms. The van der Waals surface area contributed by atoms with Crippen molar-refractivity contribution in [1.29, 1.82) is 5.26 Å². The SMILES string of the molecule is CN(C(=O)c1cccc(Br)n1)C1(C#N)CCCCC1. The molecule has 0 atom stereocenters. The summed E-state index contributed by atoms with van der Waals surface area (Å²) in [6.07, 6.45) is 4.63. The van der Waals surface area contributed by atoms with Gasteiger partial charge in [-0.2, -0.15) is 5.26 Å².